The van der Waals surface area contributed by atoms with Crippen LogP contribution in [0.15, 0.2) is 10.8 Å². The number of anilines is 1. The maximum absolute atomic E-state index is 5.80. The van der Waals surface area contributed by atoms with Crippen LogP contribution in [0.5, 0.6) is 0 Å². The van der Waals surface area contributed by atoms with Gasteiger partial charge in [0.2, 0.25) is 0 Å². The highest BCUT2D eigenvalue weighted by molar-refractivity contribution is 9.10. The molecule has 1 aromatic rings. The van der Waals surface area contributed by atoms with E-state index in [1.54, 1.807) is 0 Å². The molecule has 14 heavy (non-hydrogen) atoms. The fourth-order valence-corrected chi connectivity index (χ4v) is 1.20. The predicted molar refractivity (Wildman–Crippen MR) is 61.3 cm³/mol. The zero-order chi connectivity index (χ0) is 10.8. The second-order valence-corrected chi connectivity index (χ2v) is 4.37. The number of nitrogens with one attached hydrogen (secondary N) is 1. The maximum Gasteiger partial charge on any atom is 0.148 e. The third-order valence-corrected chi connectivity index (χ3v) is 2.80. The number of hydrogen-bond acceptors (Lipinski definition) is 3. The van der Waals surface area contributed by atoms with Gasteiger partial charge in [0.1, 0.15) is 17.3 Å². The van der Waals surface area contributed by atoms with Gasteiger partial charge < -0.3 is 5.32 Å². The number of hydrogen-bond donors (Lipinski definition) is 1. The minimum Gasteiger partial charge on any atom is -0.353 e. The van der Waals surface area contributed by atoms with E-state index in [1.165, 1.54) is 6.33 Å². The quantitative estimate of drug-likeness (QED) is 0.665. The van der Waals surface area contributed by atoms with Gasteiger partial charge in [-0.2, -0.15) is 0 Å². The summed E-state index contributed by atoms with van der Waals surface area (Å²) >= 11 is 9.07. The Labute approximate surface area is 96.4 Å². The molecular weight excluding hydrogens is 265 g/mol. The Kier molecular flexibility index (Phi) is 3.35. The topological polar surface area (TPSA) is 37.8 Å². The first-order valence-electron chi connectivity index (χ1n) is 3.88. The highest BCUT2D eigenvalue weighted by atomic mass is 79.9. The number of aromatic nitrogens is 2. The Balaban J connectivity index is 3.00. The second kappa shape index (κ2) is 4.16. The average Bonchev–Trinajstić information content (AvgIpc) is 2.13. The molecule has 74 valence electrons. The third kappa shape index (κ3) is 2.60. The van der Waals surface area contributed by atoms with Crippen LogP contribution in [0, 0.1) is 12.3 Å². The van der Waals surface area contributed by atoms with Gasteiger partial charge in [0.25, 0.3) is 0 Å². The number of nitrogens with zero attached hydrogens (tertiary/aromatic N) is 2. The van der Waals surface area contributed by atoms with Crippen molar-refractivity contribution in [1.82, 2.24) is 9.97 Å². The van der Waals surface area contributed by atoms with E-state index in [0.717, 1.165) is 0 Å². The van der Waals surface area contributed by atoms with Gasteiger partial charge in [0.05, 0.1) is 10.0 Å². The Morgan fingerprint density at radius 1 is 1.57 bits per heavy atom. The molecule has 0 radical (unpaired) electrons. The summed E-state index contributed by atoms with van der Waals surface area (Å²) in [5.74, 6) is 3.19. The smallest absolute Gasteiger partial charge is 0.148 e. The zero-order valence-corrected chi connectivity index (χ0v) is 10.1. The van der Waals surface area contributed by atoms with Crippen molar-refractivity contribution in [3.63, 3.8) is 0 Å². The zero-order valence-electron chi connectivity index (χ0n) is 7.81. The lowest BCUT2D eigenvalue weighted by Gasteiger charge is -2.20. The first-order valence-corrected chi connectivity index (χ1v) is 5.05. The van der Waals surface area contributed by atoms with Crippen LogP contribution in [-0.2, 0) is 0 Å². The lowest BCUT2D eigenvalue weighted by Crippen LogP contribution is -2.29. The fraction of sp³-hybridized carbons (Fsp3) is 0.333. The molecule has 3 nitrogen and oxygen atoms in total. The molecule has 0 saturated carbocycles. The van der Waals surface area contributed by atoms with Crippen molar-refractivity contribution < 1.29 is 0 Å². The van der Waals surface area contributed by atoms with Gasteiger partial charge in [-0.15, -0.1) is 6.42 Å². The van der Waals surface area contributed by atoms with Crippen molar-refractivity contribution in [2.45, 2.75) is 19.4 Å². The SMILES string of the molecule is C#CC(C)(C)Nc1ncnc(Cl)c1Br. The first kappa shape index (κ1) is 11.3. The van der Waals surface area contributed by atoms with Crippen molar-refractivity contribution >= 4 is 33.3 Å². The largest absolute Gasteiger partial charge is 0.353 e. The van der Waals surface area contributed by atoms with Crippen LogP contribution < -0.4 is 5.32 Å². The van der Waals surface area contributed by atoms with Gasteiger partial charge in [0.15, 0.2) is 0 Å². The molecule has 0 atom stereocenters. The minimum atomic E-state index is -0.472. The monoisotopic (exact) mass is 273 g/mol. The molecule has 1 aromatic heterocycles. The average molecular weight is 275 g/mol. The van der Waals surface area contributed by atoms with Crippen molar-refractivity contribution in [3.05, 3.63) is 16.0 Å². The van der Waals surface area contributed by atoms with Crippen LogP contribution in [0.3, 0.4) is 0 Å². The maximum atomic E-state index is 5.80. The molecule has 0 amide bonds. The summed E-state index contributed by atoms with van der Waals surface area (Å²) in [7, 11) is 0. The van der Waals surface area contributed by atoms with Gasteiger partial charge >= 0.3 is 0 Å². The standard InChI is InChI=1S/C9H9BrClN3/c1-4-9(2,3)14-8-6(10)7(11)12-5-13-8/h1,5H,2-3H3,(H,12,13,14). The Morgan fingerprint density at radius 3 is 2.79 bits per heavy atom. The van der Waals surface area contributed by atoms with Crippen molar-refractivity contribution in [2.75, 3.05) is 5.32 Å². The number of rotatable bonds is 2. The summed E-state index contributed by atoms with van der Waals surface area (Å²) in [6, 6.07) is 0. The van der Waals surface area contributed by atoms with E-state index in [0.29, 0.717) is 15.4 Å². The van der Waals surface area contributed by atoms with E-state index in [-0.39, 0.29) is 0 Å². The van der Waals surface area contributed by atoms with E-state index in [1.807, 2.05) is 13.8 Å². The fourth-order valence-electron chi connectivity index (χ4n) is 0.768. The van der Waals surface area contributed by atoms with Gasteiger partial charge in [-0.3, -0.25) is 0 Å². The van der Waals surface area contributed by atoms with Gasteiger partial charge in [0, 0.05) is 0 Å². The molecule has 0 saturated heterocycles. The van der Waals surface area contributed by atoms with Crippen LogP contribution in [-0.4, -0.2) is 15.5 Å². The molecule has 1 heterocycles. The summed E-state index contributed by atoms with van der Waals surface area (Å²) in [5.41, 5.74) is -0.472. The lowest BCUT2D eigenvalue weighted by molar-refractivity contribution is 0.734. The third-order valence-electron chi connectivity index (χ3n) is 1.54. The Hall–Kier alpha value is -0.790. The number of halogens is 2. The number of terminal acetylenes is 1. The molecule has 0 fully saturated rings. The van der Waals surface area contributed by atoms with E-state index >= 15 is 0 Å². The van der Waals surface area contributed by atoms with Gasteiger partial charge in [-0.25, -0.2) is 9.97 Å². The van der Waals surface area contributed by atoms with Gasteiger partial charge in [-0.1, -0.05) is 17.5 Å². The molecule has 0 unspecified atom stereocenters. The summed E-state index contributed by atoms with van der Waals surface area (Å²) in [5, 5.41) is 3.42. The molecule has 0 aromatic carbocycles. The van der Waals surface area contributed by atoms with Crippen LogP contribution >= 0.6 is 27.5 Å². The minimum absolute atomic E-state index is 0.357. The van der Waals surface area contributed by atoms with Crippen molar-refractivity contribution in [3.8, 4) is 12.3 Å². The van der Waals surface area contributed by atoms with Crippen LogP contribution in [0.4, 0.5) is 5.82 Å². The summed E-state index contributed by atoms with van der Waals surface area (Å²) in [6.45, 7) is 3.74. The van der Waals surface area contributed by atoms with Crippen LogP contribution in [0.2, 0.25) is 5.15 Å². The molecule has 0 aliphatic carbocycles. The molecule has 0 spiro atoms. The van der Waals surface area contributed by atoms with E-state index in [2.05, 4.69) is 37.1 Å². The Morgan fingerprint density at radius 2 is 2.21 bits per heavy atom. The van der Waals surface area contributed by atoms with Crippen molar-refractivity contribution in [1.29, 1.82) is 0 Å². The summed E-state index contributed by atoms with van der Waals surface area (Å²) in [6.07, 6.45) is 6.72. The molecule has 0 aliphatic rings. The molecule has 5 heteroatoms. The van der Waals surface area contributed by atoms with E-state index < -0.39 is 5.54 Å². The van der Waals surface area contributed by atoms with Crippen LogP contribution in [0.25, 0.3) is 0 Å². The van der Waals surface area contributed by atoms with Crippen molar-refractivity contribution in [2.24, 2.45) is 0 Å². The highest BCUT2D eigenvalue weighted by Gasteiger charge is 2.16. The first-order chi connectivity index (χ1) is 6.46. The second-order valence-electron chi connectivity index (χ2n) is 3.22. The van der Waals surface area contributed by atoms with E-state index in [4.69, 9.17) is 18.0 Å². The molecule has 0 aliphatic heterocycles. The molecule has 1 N–H and O–H groups in total. The lowest BCUT2D eigenvalue weighted by atomic mass is 10.1. The Bertz CT molecular complexity index is 384. The highest BCUT2D eigenvalue weighted by Crippen LogP contribution is 2.27. The summed E-state index contributed by atoms with van der Waals surface area (Å²) < 4.78 is 0.616. The molecule has 1 rings (SSSR count). The van der Waals surface area contributed by atoms with Gasteiger partial charge in [-0.05, 0) is 29.8 Å². The normalized spacial score (nSPS) is 10.8. The van der Waals surface area contributed by atoms with Crippen LogP contribution in [0.1, 0.15) is 13.8 Å². The predicted octanol–water partition coefficient (Wildman–Crippen LogP) is 2.72. The van der Waals surface area contributed by atoms with E-state index in [9.17, 15) is 0 Å². The summed E-state index contributed by atoms with van der Waals surface area (Å²) in [4.78, 5) is 7.83. The molecule has 0 bridgehead atoms. The molecular formula is C9H9BrClN3.